The van der Waals surface area contributed by atoms with Crippen molar-refractivity contribution in [2.75, 3.05) is 13.1 Å². The average Bonchev–Trinajstić information content (AvgIpc) is 2.47. The van der Waals surface area contributed by atoms with Crippen LogP contribution in [0.25, 0.3) is 10.9 Å². The SMILES string of the molecule is CC(O)C1CCN(Cc2cc(Br)cc3cccnc23)CC1. The maximum atomic E-state index is 9.70. The molecule has 1 aromatic heterocycles. The zero-order chi connectivity index (χ0) is 14.8. The van der Waals surface area contributed by atoms with Crippen LogP contribution < -0.4 is 0 Å². The standard InChI is InChI=1S/C17H21BrN2O/c1-12(21)13-4-7-20(8-5-13)11-15-10-16(18)9-14-3-2-6-19-17(14)15/h2-3,6,9-10,12-13,21H,4-5,7-8,11H2,1H3. The predicted octanol–water partition coefficient (Wildman–Crippen LogP) is 3.59. The van der Waals surface area contributed by atoms with Gasteiger partial charge in [0.15, 0.2) is 0 Å². The van der Waals surface area contributed by atoms with Crippen molar-refractivity contribution in [1.82, 2.24) is 9.88 Å². The van der Waals surface area contributed by atoms with Gasteiger partial charge in [0.2, 0.25) is 0 Å². The number of pyridine rings is 1. The Balaban J connectivity index is 1.77. The summed E-state index contributed by atoms with van der Waals surface area (Å²) in [6.07, 6.45) is 3.84. The van der Waals surface area contributed by atoms with Gasteiger partial charge in [0.05, 0.1) is 11.6 Å². The fourth-order valence-corrected chi connectivity index (χ4v) is 3.71. The molecule has 0 aliphatic carbocycles. The van der Waals surface area contributed by atoms with Crippen molar-refractivity contribution in [1.29, 1.82) is 0 Å². The maximum Gasteiger partial charge on any atom is 0.0747 e. The van der Waals surface area contributed by atoms with Crippen molar-refractivity contribution in [3.63, 3.8) is 0 Å². The van der Waals surface area contributed by atoms with Crippen molar-refractivity contribution in [2.45, 2.75) is 32.4 Å². The van der Waals surface area contributed by atoms with Gasteiger partial charge in [0, 0.05) is 22.6 Å². The molecule has 1 aliphatic rings. The van der Waals surface area contributed by atoms with Crippen molar-refractivity contribution in [3.8, 4) is 0 Å². The lowest BCUT2D eigenvalue weighted by atomic mass is 9.92. The quantitative estimate of drug-likeness (QED) is 0.920. The number of benzene rings is 1. The van der Waals surface area contributed by atoms with Crippen LogP contribution in [0, 0.1) is 5.92 Å². The first-order valence-electron chi connectivity index (χ1n) is 7.57. The summed E-state index contributed by atoms with van der Waals surface area (Å²) < 4.78 is 1.11. The van der Waals surface area contributed by atoms with Crippen molar-refractivity contribution in [3.05, 3.63) is 40.5 Å². The van der Waals surface area contributed by atoms with E-state index in [9.17, 15) is 5.11 Å². The van der Waals surface area contributed by atoms with Gasteiger partial charge in [-0.05, 0) is 62.5 Å². The molecular formula is C17H21BrN2O. The Kier molecular flexibility index (Phi) is 4.57. The van der Waals surface area contributed by atoms with E-state index >= 15 is 0 Å². The van der Waals surface area contributed by atoms with Gasteiger partial charge in [0.1, 0.15) is 0 Å². The molecule has 1 fully saturated rings. The van der Waals surface area contributed by atoms with Gasteiger partial charge in [-0.15, -0.1) is 0 Å². The number of aliphatic hydroxyl groups is 1. The molecule has 0 spiro atoms. The summed E-state index contributed by atoms with van der Waals surface area (Å²) in [4.78, 5) is 7.01. The van der Waals surface area contributed by atoms with Gasteiger partial charge < -0.3 is 5.11 Å². The van der Waals surface area contributed by atoms with Crippen molar-refractivity contribution < 1.29 is 5.11 Å². The van der Waals surface area contributed by atoms with E-state index in [4.69, 9.17) is 0 Å². The molecule has 3 nitrogen and oxygen atoms in total. The fraction of sp³-hybridized carbons (Fsp3) is 0.471. The largest absolute Gasteiger partial charge is 0.393 e. The topological polar surface area (TPSA) is 36.4 Å². The Labute approximate surface area is 134 Å². The van der Waals surface area contributed by atoms with Crippen LogP contribution in [0.4, 0.5) is 0 Å². The zero-order valence-electron chi connectivity index (χ0n) is 12.3. The summed E-state index contributed by atoms with van der Waals surface area (Å²) >= 11 is 3.60. The highest BCUT2D eigenvalue weighted by Crippen LogP contribution is 2.26. The van der Waals surface area contributed by atoms with E-state index in [2.05, 4.69) is 44.0 Å². The van der Waals surface area contributed by atoms with Crippen LogP contribution in [0.1, 0.15) is 25.3 Å². The third-order valence-corrected chi connectivity index (χ3v) is 4.91. The second kappa shape index (κ2) is 6.42. The molecule has 1 atom stereocenters. The molecule has 21 heavy (non-hydrogen) atoms. The number of aromatic nitrogens is 1. The summed E-state index contributed by atoms with van der Waals surface area (Å²) in [6.45, 7) is 4.94. The van der Waals surface area contributed by atoms with Crippen LogP contribution in [0.5, 0.6) is 0 Å². The molecule has 1 saturated heterocycles. The number of hydrogen-bond donors (Lipinski definition) is 1. The van der Waals surface area contributed by atoms with Crippen LogP contribution in [0.3, 0.4) is 0 Å². The molecular weight excluding hydrogens is 328 g/mol. The van der Waals surface area contributed by atoms with E-state index in [1.807, 2.05) is 19.2 Å². The molecule has 1 unspecified atom stereocenters. The molecule has 0 radical (unpaired) electrons. The van der Waals surface area contributed by atoms with E-state index in [-0.39, 0.29) is 6.10 Å². The smallest absolute Gasteiger partial charge is 0.0747 e. The van der Waals surface area contributed by atoms with Crippen LogP contribution in [-0.4, -0.2) is 34.2 Å². The number of fused-ring (bicyclic) bond motifs is 1. The Hall–Kier alpha value is -0.970. The molecule has 4 heteroatoms. The van der Waals surface area contributed by atoms with Gasteiger partial charge in [-0.1, -0.05) is 22.0 Å². The number of nitrogens with zero attached hydrogens (tertiary/aromatic N) is 2. The van der Waals surface area contributed by atoms with E-state index in [1.54, 1.807) is 0 Å². The van der Waals surface area contributed by atoms with Crippen LogP contribution in [0.2, 0.25) is 0 Å². The molecule has 1 aromatic carbocycles. The monoisotopic (exact) mass is 348 g/mol. The second-order valence-electron chi connectivity index (χ2n) is 5.99. The minimum absolute atomic E-state index is 0.180. The Morgan fingerprint density at radius 3 is 2.86 bits per heavy atom. The van der Waals surface area contributed by atoms with Gasteiger partial charge >= 0.3 is 0 Å². The highest BCUT2D eigenvalue weighted by Gasteiger charge is 2.23. The minimum Gasteiger partial charge on any atom is -0.393 e. The normalized spacial score (nSPS) is 19.0. The van der Waals surface area contributed by atoms with E-state index in [0.717, 1.165) is 42.5 Å². The molecule has 0 saturated carbocycles. The maximum absolute atomic E-state index is 9.70. The average molecular weight is 349 g/mol. The van der Waals surface area contributed by atoms with Crippen molar-refractivity contribution in [2.24, 2.45) is 5.92 Å². The summed E-state index contributed by atoms with van der Waals surface area (Å²) in [5.74, 6) is 0.457. The molecule has 3 rings (SSSR count). The fourth-order valence-electron chi connectivity index (χ4n) is 3.18. The third kappa shape index (κ3) is 3.44. The first kappa shape index (κ1) is 14.9. The van der Waals surface area contributed by atoms with Gasteiger partial charge in [-0.2, -0.15) is 0 Å². The molecule has 2 aromatic rings. The lowest BCUT2D eigenvalue weighted by molar-refractivity contribution is 0.0696. The highest BCUT2D eigenvalue weighted by atomic mass is 79.9. The molecule has 0 bridgehead atoms. The first-order chi connectivity index (χ1) is 10.1. The first-order valence-corrected chi connectivity index (χ1v) is 8.36. The molecule has 1 aliphatic heterocycles. The van der Waals surface area contributed by atoms with Gasteiger partial charge in [-0.25, -0.2) is 0 Å². The zero-order valence-corrected chi connectivity index (χ0v) is 13.9. The summed E-state index contributed by atoms with van der Waals surface area (Å²) in [7, 11) is 0. The van der Waals surface area contributed by atoms with E-state index in [0.29, 0.717) is 5.92 Å². The summed E-state index contributed by atoms with van der Waals surface area (Å²) in [6, 6.07) is 8.38. The number of halogens is 1. The Morgan fingerprint density at radius 2 is 2.14 bits per heavy atom. The molecule has 0 amide bonds. The minimum atomic E-state index is -0.180. The third-order valence-electron chi connectivity index (χ3n) is 4.46. The number of aliphatic hydroxyl groups excluding tert-OH is 1. The highest BCUT2D eigenvalue weighted by molar-refractivity contribution is 9.10. The van der Waals surface area contributed by atoms with Crippen LogP contribution >= 0.6 is 15.9 Å². The number of likely N-dealkylation sites (tertiary alicyclic amines) is 1. The molecule has 2 heterocycles. The molecule has 112 valence electrons. The van der Waals surface area contributed by atoms with Crippen LogP contribution in [0.15, 0.2) is 34.9 Å². The molecule has 1 N–H and O–H groups in total. The number of piperidine rings is 1. The number of rotatable bonds is 3. The lowest BCUT2D eigenvalue weighted by Crippen LogP contribution is -2.36. The second-order valence-corrected chi connectivity index (χ2v) is 6.91. The van der Waals surface area contributed by atoms with Gasteiger partial charge in [-0.3, -0.25) is 9.88 Å². The van der Waals surface area contributed by atoms with Crippen LogP contribution in [-0.2, 0) is 6.54 Å². The summed E-state index contributed by atoms with van der Waals surface area (Å²) in [5.41, 5.74) is 2.37. The predicted molar refractivity (Wildman–Crippen MR) is 89.1 cm³/mol. The lowest BCUT2D eigenvalue weighted by Gasteiger charge is -2.33. The Morgan fingerprint density at radius 1 is 1.38 bits per heavy atom. The van der Waals surface area contributed by atoms with E-state index in [1.165, 1.54) is 10.9 Å². The summed E-state index contributed by atoms with van der Waals surface area (Å²) in [5, 5.41) is 10.9. The van der Waals surface area contributed by atoms with Crippen molar-refractivity contribution >= 4 is 26.8 Å². The van der Waals surface area contributed by atoms with E-state index < -0.39 is 0 Å². The number of hydrogen-bond acceptors (Lipinski definition) is 3. The Bertz CT molecular complexity index is 621. The van der Waals surface area contributed by atoms with Gasteiger partial charge in [0.25, 0.3) is 0 Å².